The van der Waals surface area contributed by atoms with Gasteiger partial charge in [0.05, 0.1) is 6.61 Å². The molecule has 1 heterocycles. The second kappa shape index (κ2) is 4.95. The fourth-order valence-corrected chi connectivity index (χ4v) is 1.14. The van der Waals surface area contributed by atoms with E-state index < -0.39 is 5.91 Å². The summed E-state index contributed by atoms with van der Waals surface area (Å²) < 4.78 is 1.38. The molecule has 15 heavy (non-hydrogen) atoms. The van der Waals surface area contributed by atoms with Crippen LogP contribution in [0.4, 0.5) is 0 Å². The minimum atomic E-state index is -0.391. The third kappa shape index (κ3) is 3.38. The molecule has 1 N–H and O–H groups in total. The fourth-order valence-electron chi connectivity index (χ4n) is 0.922. The molecule has 0 unspecified atom stereocenters. The summed E-state index contributed by atoms with van der Waals surface area (Å²) in [5.41, 5.74) is 3.42. The van der Waals surface area contributed by atoms with Crippen molar-refractivity contribution in [2.75, 3.05) is 6.61 Å². The van der Waals surface area contributed by atoms with Crippen LogP contribution in [-0.4, -0.2) is 22.3 Å². The number of carbonyl (C=O) groups is 1. The number of hydrogen-bond acceptors (Lipinski definition) is 3. The van der Waals surface area contributed by atoms with Crippen molar-refractivity contribution >= 4 is 17.5 Å². The Hall–Kier alpha value is -1.33. The Kier molecular flexibility index (Phi) is 3.88. The van der Waals surface area contributed by atoms with Gasteiger partial charge in [-0.1, -0.05) is 23.8 Å². The Morgan fingerprint density at radius 3 is 2.93 bits per heavy atom. The van der Waals surface area contributed by atoms with Crippen molar-refractivity contribution in [3.8, 4) is 0 Å². The predicted octanol–water partition coefficient (Wildman–Crippen LogP) is 1.31. The van der Waals surface area contributed by atoms with Crippen LogP contribution in [0, 0.1) is 0 Å². The summed E-state index contributed by atoms with van der Waals surface area (Å²) in [6.45, 7) is 5.71. The second-order valence-electron chi connectivity index (χ2n) is 3.15. The molecule has 1 aromatic heterocycles. The number of aryl methyl sites for hydroxylation is 1. The average molecular weight is 230 g/mol. The number of aromatic nitrogens is 2. The SMILES string of the molecule is C=C(C)CONC(=O)c1cc(Cl)nn1C. The number of nitrogens with zero attached hydrogens (tertiary/aromatic N) is 2. The van der Waals surface area contributed by atoms with E-state index in [1.165, 1.54) is 10.7 Å². The number of carbonyl (C=O) groups excluding carboxylic acids is 1. The van der Waals surface area contributed by atoms with E-state index in [-0.39, 0.29) is 11.8 Å². The maximum Gasteiger partial charge on any atom is 0.293 e. The first kappa shape index (κ1) is 11.7. The quantitative estimate of drug-likeness (QED) is 0.626. The molecule has 0 spiro atoms. The van der Waals surface area contributed by atoms with E-state index in [1.807, 2.05) is 0 Å². The Bertz CT molecular complexity index is 387. The maximum absolute atomic E-state index is 11.5. The molecule has 1 rings (SSSR count). The van der Waals surface area contributed by atoms with Crippen molar-refractivity contribution in [1.29, 1.82) is 0 Å². The van der Waals surface area contributed by atoms with Gasteiger partial charge in [-0.15, -0.1) is 0 Å². The molecule has 82 valence electrons. The van der Waals surface area contributed by atoms with Gasteiger partial charge < -0.3 is 0 Å². The first-order valence-electron chi connectivity index (χ1n) is 4.26. The van der Waals surface area contributed by atoms with E-state index >= 15 is 0 Å². The van der Waals surface area contributed by atoms with Crippen molar-refractivity contribution in [2.24, 2.45) is 7.05 Å². The molecular formula is C9H12ClN3O2. The van der Waals surface area contributed by atoms with Gasteiger partial charge >= 0.3 is 0 Å². The van der Waals surface area contributed by atoms with E-state index in [0.717, 1.165) is 5.57 Å². The van der Waals surface area contributed by atoms with Gasteiger partial charge in [0.15, 0.2) is 5.15 Å². The molecule has 0 aliphatic heterocycles. The molecule has 0 aromatic carbocycles. The number of rotatable bonds is 4. The number of halogens is 1. The van der Waals surface area contributed by atoms with Crippen molar-refractivity contribution in [3.05, 3.63) is 29.1 Å². The monoisotopic (exact) mass is 229 g/mol. The fraction of sp³-hybridized carbons (Fsp3) is 0.333. The number of nitrogens with one attached hydrogen (secondary N) is 1. The number of amides is 1. The summed E-state index contributed by atoms with van der Waals surface area (Å²) >= 11 is 5.63. The van der Waals surface area contributed by atoms with Crippen LogP contribution in [0.15, 0.2) is 18.2 Å². The minimum absolute atomic E-state index is 0.266. The summed E-state index contributed by atoms with van der Waals surface area (Å²) in [7, 11) is 1.62. The Morgan fingerprint density at radius 1 is 1.80 bits per heavy atom. The highest BCUT2D eigenvalue weighted by atomic mass is 35.5. The van der Waals surface area contributed by atoms with Crippen LogP contribution < -0.4 is 5.48 Å². The zero-order valence-electron chi connectivity index (χ0n) is 8.58. The molecule has 0 bridgehead atoms. The molecule has 0 aliphatic carbocycles. The molecule has 1 aromatic rings. The highest BCUT2D eigenvalue weighted by molar-refractivity contribution is 6.29. The second-order valence-corrected chi connectivity index (χ2v) is 3.54. The van der Waals surface area contributed by atoms with Gasteiger partial charge in [0, 0.05) is 13.1 Å². The van der Waals surface area contributed by atoms with Crippen molar-refractivity contribution < 1.29 is 9.63 Å². The van der Waals surface area contributed by atoms with Crippen molar-refractivity contribution in [3.63, 3.8) is 0 Å². The van der Waals surface area contributed by atoms with Crippen LogP contribution >= 0.6 is 11.6 Å². The zero-order valence-corrected chi connectivity index (χ0v) is 9.34. The lowest BCUT2D eigenvalue weighted by molar-refractivity contribution is 0.0392. The highest BCUT2D eigenvalue weighted by Gasteiger charge is 2.11. The predicted molar refractivity (Wildman–Crippen MR) is 56.5 cm³/mol. The smallest absolute Gasteiger partial charge is 0.269 e. The van der Waals surface area contributed by atoms with Gasteiger partial charge in [0.25, 0.3) is 5.91 Å². The number of hydroxylamine groups is 1. The largest absolute Gasteiger partial charge is 0.293 e. The van der Waals surface area contributed by atoms with Gasteiger partial charge in [0.2, 0.25) is 0 Å². The Morgan fingerprint density at radius 2 is 2.47 bits per heavy atom. The van der Waals surface area contributed by atoms with Crippen LogP contribution in [0.3, 0.4) is 0 Å². The summed E-state index contributed by atoms with van der Waals surface area (Å²) in [5, 5.41) is 4.09. The third-order valence-corrected chi connectivity index (χ3v) is 1.75. The van der Waals surface area contributed by atoms with Crippen LogP contribution in [0.1, 0.15) is 17.4 Å². The summed E-state index contributed by atoms with van der Waals surface area (Å²) in [4.78, 5) is 16.4. The van der Waals surface area contributed by atoms with Crippen LogP contribution in [0.25, 0.3) is 0 Å². The maximum atomic E-state index is 11.5. The third-order valence-electron chi connectivity index (χ3n) is 1.57. The molecule has 0 aliphatic rings. The molecule has 0 saturated carbocycles. The van der Waals surface area contributed by atoms with Gasteiger partial charge in [-0.2, -0.15) is 5.10 Å². The molecule has 6 heteroatoms. The number of hydrogen-bond donors (Lipinski definition) is 1. The summed E-state index contributed by atoms with van der Waals surface area (Å²) in [6, 6.07) is 1.46. The van der Waals surface area contributed by atoms with E-state index in [1.54, 1.807) is 14.0 Å². The van der Waals surface area contributed by atoms with Gasteiger partial charge in [-0.3, -0.25) is 14.3 Å². The van der Waals surface area contributed by atoms with Crippen molar-refractivity contribution in [1.82, 2.24) is 15.3 Å². The van der Waals surface area contributed by atoms with E-state index in [0.29, 0.717) is 5.69 Å². The lowest BCUT2D eigenvalue weighted by Gasteiger charge is -2.04. The average Bonchev–Trinajstić information content (AvgIpc) is 2.44. The molecule has 0 saturated heterocycles. The Labute approximate surface area is 92.6 Å². The van der Waals surface area contributed by atoms with E-state index in [9.17, 15) is 4.79 Å². The van der Waals surface area contributed by atoms with Crippen molar-refractivity contribution in [2.45, 2.75) is 6.92 Å². The highest BCUT2D eigenvalue weighted by Crippen LogP contribution is 2.07. The zero-order chi connectivity index (χ0) is 11.4. The van der Waals surface area contributed by atoms with Crippen LogP contribution in [-0.2, 0) is 11.9 Å². The van der Waals surface area contributed by atoms with E-state index in [2.05, 4.69) is 17.2 Å². The lowest BCUT2D eigenvalue weighted by atomic mass is 10.4. The van der Waals surface area contributed by atoms with Crippen LogP contribution in [0.5, 0.6) is 0 Å². The molecule has 0 fully saturated rings. The van der Waals surface area contributed by atoms with Gasteiger partial charge in [-0.05, 0) is 6.92 Å². The van der Waals surface area contributed by atoms with Crippen LogP contribution in [0.2, 0.25) is 5.15 Å². The standard InChI is InChI=1S/C9H12ClN3O2/c1-6(2)5-15-12-9(14)7-4-8(10)11-13(7)3/h4H,1,5H2,2-3H3,(H,12,14). The van der Waals surface area contributed by atoms with Gasteiger partial charge in [0.1, 0.15) is 5.69 Å². The normalized spacial score (nSPS) is 10.1. The molecule has 5 nitrogen and oxygen atoms in total. The minimum Gasteiger partial charge on any atom is -0.269 e. The lowest BCUT2D eigenvalue weighted by Crippen LogP contribution is -2.26. The Balaban J connectivity index is 2.54. The van der Waals surface area contributed by atoms with Gasteiger partial charge in [-0.25, -0.2) is 5.48 Å². The topological polar surface area (TPSA) is 56.1 Å². The summed E-state index contributed by atoms with van der Waals surface area (Å²) in [6.07, 6.45) is 0. The molecular weight excluding hydrogens is 218 g/mol. The first-order chi connectivity index (χ1) is 7.00. The molecule has 0 atom stereocenters. The first-order valence-corrected chi connectivity index (χ1v) is 4.64. The summed E-state index contributed by atoms with van der Waals surface area (Å²) in [5.74, 6) is -0.391. The molecule has 0 radical (unpaired) electrons. The molecule has 1 amide bonds. The van der Waals surface area contributed by atoms with E-state index in [4.69, 9.17) is 16.4 Å².